The van der Waals surface area contributed by atoms with E-state index in [-0.39, 0.29) is 6.04 Å². The number of fused-ring (bicyclic) bond motifs is 2. The van der Waals surface area contributed by atoms with Crippen LogP contribution < -0.4 is 20.1 Å². The van der Waals surface area contributed by atoms with E-state index in [4.69, 9.17) is 9.47 Å². The van der Waals surface area contributed by atoms with Gasteiger partial charge in [0.15, 0.2) is 11.5 Å². The molecule has 4 rings (SSSR count). The molecule has 0 radical (unpaired) electrons. The second kappa shape index (κ2) is 4.29. The van der Waals surface area contributed by atoms with Crippen LogP contribution in [0.5, 0.6) is 11.5 Å². The first-order chi connectivity index (χ1) is 9.85. The number of nitrogens with one attached hydrogen (secondary N) is 2. The molecule has 7 heteroatoms. The topological polar surface area (TPSA) is 73.2 Å². The SMILES string of the molecule is CNc1nc2n(n1)C(c1ccc3c(c1)OCO3)CCN2. The van der Waals surface area contributed by atoms with Crippen LogP contribution in [0.15, 0.2) is 18.2 Å². The Kier molecular flexibility index (Phi) is 2.45. The van der Waals surface area contributed by atoms with Crippen molar-refractivity contribution in [1.82, 2.24) is 14.8 Å². The zero-order valence-corrected chi connectivity index (χ0v) is 11.1. The number of hydrogen-bond donors (Lipinski definition) is 2. The first-order valence-electron chi connectivity index (χ1n) is 6.63. The van der Waals surface area contributed by atoms with Gasteiger partial charge < -0.3 is 20.1 Å². The van der Waals surface area contributed by atoms with Gasteiger partial charge in [0.2, 0.25) is 18.7 Å². The van der Waals surface area contributed by atoms with Crippen molar-refractivity contribution in [2.75, 3.05) is 31.0 Å². The summed E-state index contributed by atoms with van der Waals surface area (Å²) in [6, 6.07) is 6.21. The molecule has 1 atom stereocenters. The summed E-state index contributed by atoms with van der Waals surface area (Å²) in [5.41, 5.74) is 1.16. The van der Waals surface area contributed by atoms with Gasteiger partial charge in [0, 0.05) is 13.6 Å². The van der Waals surface area contributed by atoms with E-state index < -0.39 is 0 Å². The molecule has 0 spiro atoms. The van der Waals surface area contributed by atoms with Crippen molar-refractivity contribution in [3.63, 3.8) is 0 Å². The summed E-state index contributed by atoms with van der Waals surface area (Å²) in [5, 5.41) is 10.7. The molecular formula is C13H15N5O2. The lowest BCUT2D eigenvalue weighted by Gasteiger charge is -2.24. The molecule has 0 amide bonds. The summed E-state index contributed by atoms with van der Waals surface area (Å²) in [6.45, 7) is 1.17. The number of benzene rings is 1. The molecular weight excluding hydrogens is 258 g/mol. The van der Waals surface area contributed by atoms with Crippen LogP contribution in [0.3, 0.4) is 0 Å². The lowest BCUT2D eigenvalue weighted by atomic mass is 10.0. The largest absolute Gasteiger partial charge is 0.454 e. The quantitative estimate of drug-likeness (QED) is 0.863. The number of anilines is 2. The minimum atomic E-state index is 0.162. The molecule has 2 aromatic rings. The fourth-order valence-electron chi connectivity index (χ4n) is 2.64. The van der Waals surface area contributed by atoms with E-state index >= 15 is 0 Å². The summed E-state index contributed by atoms with van der Waals surface area (Å²) < 4.78 is 12.7. The molecule has 0 saturated carbocycles. The van der Waals surface area contributed by atoms with Crippen LogP contribution >= 0.6 is 0 Å². The zero-order chi connectivity index (χ0) is 13.5. The number of aromatic nitrogens is 3. The molecule has 2 aliphatic rings. The van der Waals surface area contributed by atoms with Crippen LogP contribution in [-0.4, -0.2) is 35.1 Å². The van der Waals surface area contributed by atoms with Gasteiger partial charge in [-0.15, -0.1) is 5.10 Å². The normalized spacial score (nSPS) is 19.4. The minimum absolute atomic E-state index is 0.162. The van der Waals surface area contributed by atoms with Crippen molar-refractivity contribution >= 4 is 11.9 Å². The van der Waals surface area contributed by atoms with Crippen LogP contribution in [0.2, 0.25) is 0 Å². The third-order valence-corrected chi connectivity index (χ3v) is 3.63. The van der Waals surface area contributed by atoms with E-state index in [9.17, 15) is 0 Å². The van der Waals surface area contributed by atoms with Gasteiger partial charge in [-0.3, -0.25) is 0 Å². The Bertz CT molecular complexity index is 654. The number of ether oxygens (including phenoxy) is 2. The molecule has 0 fully saturated rings. The monoisotopic (exact) mass is 273 g/mol. The lowest BCUT2D eigenvalue weighted by Crippen LogP contribution is -2.24. The Morgan fingerprint density at radius 3 is 3.15 bits per heavy atom. The minimum Gasteiger partial charge on any atom is -0.454 e. The van der Waals surface area contributed by atoms with Gasteiger partial charge in [-0.05, 0) is 24.1 Å². The Morgan fingerprint density at radius 1 is 1.35 bits per heavy atom. The van der Waals surface area contributed by atoms with Gasteiger partial charge >= 0.3 is 0 Å². The zero-order valence-electron chi connectivity index (χ0n) is 11.1. The predicted octanol–water partition coefficient (Wildman–Crippen LogP) is 1.45. The summed E-state index contributed by atoms with van der Waals surface area (Å²) in [7, 11) is 1.82. The average Bonchev–Trinajstić information content (AvgIpc) is 3.11. The van der Waals surface area contributed by atoms with E-state index in [1.807, 2.05) is 23.9 Å². The van der Waals surface area contributed by atoms with Crippen molar-refractivity contribution in [1.29, 1.82) is 0 Å². The Balaban J connectivity index is 1.74. The third-order valence-electron chi connectivity index (χ3n) is 3.63. The average molecular weight is 273 g/mol. The molecule has 0 saturated heterocycles. The maximum absolute atomic E-state index is 5.45. The summed E-state index contributed by atoms with van der Waals surface area (Å²) >= 11 is 0. The van der Waals surface area contributed by atoms with Gasteiger partial charge in [0.05, 0.1) is 6.04 Å². The van der Waals surface area contributed by atoms with Crippen molar-refractivity contribution in [2.24, 2.45) is 0 Å². The maximum Gasteiger partial charge on any atom is 0.243 e. The molecule has 0 bridgehead atoms. The van der Waals surface area contributed by atoms with Crippen LogP contribution in [-0.2, 0) is 0 Å². The molecule has 1 aromatic heterocycles. The highest BCUT2D eigenvalue weighted by molar-refractivity contribution is 5.47. The van der Waals surface area contributed by atoms with Gasteiger partial charge in [-0.2, -0.15) is 4.98 Å². The molecule has 1 unspecified atom stereocenters. The molecule has 104 valence electrons. The van der Waals surface area contributed by atoms with Crippen molar-refractivity contribution in [2.45, 2.75) is 12.5 Å². The van der Waals surface area contributed by atoms with E-state index in [0.717, 1.165) is 36.0 Å². The molecule has 2 aliphatic heterocycles. The van der Waals surface area contributed by atoms with Gasteiger partial charge in [0.1, 0.15) is 0 Å². The summed E-state index contributed by atoms with van der Waals surface area (Å²) in [4.78, 5) is 4.39. The highest BCUT2D eigenvalue weighted by Crippen LogP contribution is 2.37. The third kappa shape index (κ3) is 1.66. The fourth-order valence-corrected chi connectivity index (χ4v) is 2.64. The summed E-state index contributed by atoms with van der Waals surface area (Å²) in [5.74, 6) is 3.03. The number of hydrogen-bond acceptors (Lipinski definition) is 6. The second-order valence-corrected chi connectivity index (χ2v) is 4.80. The molecule has 1 aromatic carbocycles. The van der Waals surface area contributed by atoms with Gasteiger partial charge in [-0.1, -0.05) is 6.07 Å². The number of nitrogens with zero attached hydrogens (tertiary/aromatic N) is 3. The Labute approximate surface area is 115 Å². The second-order valence-electron chi connectivity index (χ2n) is 4.80. The van der Waals surface area contributed by atoms with E-state index in [2.05, 4.69) is 26.8 Å². The van der Waals surface area contributed by atoms with Crippen LogP contribution in [0.1, 0.15) is 18.0 Å². The molecule has 3 heterocycles. The fraction of sp³-hybridized carbons (Fsp3) is 0.385. The Morgan fingerprint density at radius 2 is 2.25 bits per heavy atom. The van der Waals surface area contributed by atoms with Crippen LogP contribution in [0.4, 0.5) is 11.9 Å². The van der Waals surface area contributed by atoms with Gasteiger partial charge in [-0.25, -0.2) is 4.68 Å². The van der Waals surface area contributed by atoms with Crippen molar-refractivity contribution < 1.29 is 9.47 Å². The van der Waals surface area contributed by atoms with Crippen LogP contribution in [0, 0.1) is 0 Å². The molecule has 7 nitrogen and oxygen atoms in total. The Hall–Kier alpha value is -2.44. The smallest absolute Gasteiger partial charge is 0.243 e. The van der Waals surface area contributed by atoms with Gasteiger partial charge in [0.25, 0.3) is 0 Å². The van der Waals surface area contributed by atoms with E-state index in [1.165, 1.54) is 0 Å². The molecule has 20 heavy (non-hydrogen) atoms. The van der Waals surface area contributed by atoms with Crippen LogP contribution in [0.25, 0.3) is 0 Å². The predicted molar refractivity (Wildman–Crippen MR) is 73.4 cm³/mol. The molecule has 0 aliphatic carbocycles. The van der Waals surface area contributed by atoms with E-state index in [1.54, 1.807) is 0 Å². The first-order valence-corrected chi connectivity index (χ1v) is 6.63. The standard InChI is InChI=1S/C13H15N5O2/c1-14-12-16-13-15-5-4-9(18(13)17-12)8-2-3-10-11(6-8)20-7-19-10/h2-3,6,9H,4-5,7H2,1H3,(H2,14,15,16,17). The van der Waals surface area contributed by atoms with E-state index in [0.29, 0.717) is 12.7 Å². The van der Waals surface area contributed by atoms with Crippen molar-refractivity contribution in [3.8, 4) is 11.5 Å². The summed E-state index contributed by atoms with van der Waals surface area (Å²) in [6.07, 6.45) is 0.957. The van der Waals surface area contributed by atoms with Crippen molar-refractivity contribution in [3.05, 3.63) is 23.8 Å². The first kappa shape index (κ1) is 11.4. The highest BCUT2D eigenvalue weighted by Gasteiger charge is 2.26. The highest BCUT2D eigenvalue weighted by atomic mass is 16.7. The molecule has 2 N–H and O–H groups in total. The maximum atomic E-state index is 5.45. The number of rotatable bonds is 2. The lowest BCUT2D eigenvalue weighted by molar-refractivity contribution is 0.174.